The average Bonchev–Trinajstić information content (AvgIpc) is 2.70. The van der Waals surface area contributed by atoms with Crippen LogP contribution >= 0.6 is 11.3 Å². The van der Waals surface area contributed by atoms with E-state index >= 15 is 0 Å². The van der Waals surface area contributed by atoms with Gasteiger partial charge in [-0.05, 0) is 38.3 Å². The van der Waals surface area contributed by atoms with E-state index < -0.39 is 28.0 Å². The van der Waals surface area contributed by atoms with Crippen LogP contribution in [0.15, 0.2) is 22.4 Å². The maximum absolute atomic E-state index is 12.3. The molecule has 0 saturated heterocycles. The predicted octanol–water partition coefficient (Wildman–Crippen LogP) is 2.06. The summed E-state index contributed by atoms with van der Waals surface area (Å²) in [6.45, 7) is 3.74. The van der Waals surface area contributed by atoms with Gasteiger partial charge in [0.2, 0.25) is 0 Å². The first-order valence-electron chi connectivity index (χ1n) is 6.28. The largest absolute Gasteiger partial charge is 0.481 e. The van der Waals surface area contributed by atoms with E-state index in [1.54, 1.807) is 18.2 Å². The van der Waals surface area contributed by atoms with Crippen molar-refractivity contribution in [2.75, 3.05) is 0 Å². The maximum atomic E-state index is 12.3. The van der Waals surface area contributed by atoms with Gasteiger partial charge in [0, 0.05) is 10.9 Å². The zero-order valence-electron chi connectivity index (χ0n) is 11.3. The van der Waals surface area contributed by atoms with Crippen molar-refractivity contribution >= 4 is 27.3 Å². The first kappa shape index (κ1) is 15.2. The van der Waals surface area contributed by atoms with Gasteiger partial charge in [-0.25, -0.2) is 13.1 Å². The molecule has 0 radical (unpaired) electrons. The lowest BCUT2D eigenvalue weighted by Gasteiger charge is -2.22. The minimum atomic E-state index is -3.59. The number of aryl methyl sites for hydroxylation is 2. The Morgan fingerprint density at radius 3 is 2.70 bits per heavy atom. The lowest BCUT2D eigenvalue weighted by Crippen LogP contribution is -2.37. The van der Waals surface area contributed by atoms with Crippen LogP contribution in [0.4, 0.5) is 0 Å². The number of aliphatic carboxylic acids is 1. The van der Waals surface area contributed by atoms with Crippen LogP contribution in [0.5, 0.6) is 0 Å². The van der Waals surface area contributed by atoms with Crippen molar-refractivity contribution in [2.24, 2.45) is 5.92 Å². The van der Waals surface area contributed by atoms with Crippen LogP contribution in [-0.4, -0.2) is 25.5 Å². The first-order chi connectivity index (χ1) is 9.29. The SMILES string of the molecule is Cc1cc(S(=O)(=O)N[C@H]2C=CC[C@H](C(=O)O)C2)sc1C. The third-order valence-corrected chi connectivity index (χ3v) is 6.51. The van der Waals surface area contributed by atoms with Crippen LogP contribution in [-0.2, 0) is 14.8 Å². The summed E-state index contributed by atoms with van der Waals surface area (Å²) in [5, 5.41) is 9.00. The molecule has 0 aliphatic heterocycles. The highest BCUT2D eigenvalue weighted by molar-refractivity contribution is 7.91. The average molecular weight is 315 g/mol. The Morgan fingerprint density at radius 1 is 1.45 bits per heavy atom. The fourth-order valence-corrected chi connectivity index (χ4v) is 4.84. The molecule has 5 nitrogen and oxygen atoms in total. The highest BCUT2D eigenvalue weighted by atomic mass is 32.2. The van der Waals surface area contributed by atoms with E-state index in [-0.39, 0.29) is 10.6 Å². The molecule has 7 heteroatoms. The number of thiophene rings is 1. The fraction of sp³-hybridized carbons (Fsp3) is 0.462. The molecule has 0 saturated carbocycles. The van der Waals surface area contributed by atoms with Gasteiger partial charge in [-0.2, -0.15) is 0 Å². The van der Waals surface area contributed by atoms with E-state index in [1.165, 1.54) is 11.3 Å². The molecule has 2 atom stereocenters. The molecule has 1 heterocycles. The Labute approximate surface area is 122 Å². The predicted molar refractivity (Wildman–Crippen MR) is 77.4 cm³/mol. The number of allylic oxidation sites excluding steroid dienone is 1. The van der Waals surface area contributed by atoms with E-state index in [0.29, 0.717) is 6.42 Å². The van der Waals surface area contributed by atoms with Crippen molar-refractivity contribution in [2.45, 2.75) is 36.9 Å². The number of rotatable bonds is 4. The second-order valence-electron chi connectivity index (χ2n) is 4.97. The topological polar surface area (TPSA) is 83.5 Å². The zero-order chi connectivity index (χ0) is 14.9. The fourth-order valence-electron chi connectivity index (χ4n) is 2.11. The number of hydrogen-bond donors (Lipinski definition) is 2. The highest BCUT2D eigenvalue weighted by Crippen LogP contribution is 2.26. The molecule has 1 aliphatic carbocycles. The van der Waals surface area contributed by atoms with Crippen LogP contribution in [0.2, 0.25) is 0 Å². The molecular formula is C13H17NO4S2. The van der Waals surface area contributed by atoms with E-state index in [0.717, 1.165) is 10.4 Å². The van der Waals surface area contributed by atoms with Crippen molar-refractivity contribution in [3.8, 4) is 0 Å². The number of sulfonamides is 1. The van der Waals surface area contributed by atoms with Crippen molar-refractivity contribution in [1.29, 1.82) is 0 Å². The molecular weight excluding hydrogens is 298 g/mol. The van der Waals surface area contributed by atoms with Crippen molar-refractivity contribution in [1.82, 2.24) is 4.72 Å². The second-order valence-corrected chi connectivity index (χ2v) is 8.16. The zero-order valence-corrected chi connectivity index (χ0v) is 12.9. The van der Waals surface area contributed by atoms with Gasteiger partial charge in [0.25, 0.3) is 10.0 Å². The van der Waals surface area contributed by atoms with Gasteiger partial charge >= 0.3 is 5.97 Å². The Kier molecular flexibility index (Phi) is 4.31. The molecule has 0 aromatic carbocycles. The van der Waals surface area contributed by atoms with Crippen molar-refractivity contribution in [3.63, 3.8) is 0 Å². The number of nitrogens with one attached hydrogen (secondary N) is 1. The molecule has 1 aromatic heterocycles. The Bertz CT molecular complexity index is 626. The van der Waals surface area contributed by atoms with Crippen LogP contribution in [0, 0.1) is 19.8 Å². The number of carboxylic acid groups (broad SMARTS) is 1. The van der Waals surface area contributed by atoms with E-state index in [2.05, 4.69) is 4.72 Å². The first-order valence-corrected chi connectivity index (χ1v) is 8.58. The quantitative estimate of drug-likeness (QED) is 0.833. The summed E-state index contributed by atoms with van der Waals surface area (Å²) in [5.41, 5.74) is 0.943. The highest BCUT2D eigenvalue weighted by Gasteiger charge is 2.28. The second kappa shape index (κ2) is 5.67. The number of carboxylic acids is 1. The van der Waals surface area contributed by atoms with Gasteiger partial charge in [-0.3, -0.25) is 4.79 Å². The molecule has 20 heavy (non-hydrogen) atoms. The maximum Gasteiger partial charge on any atom is 0.306 e. The summed E-state index contributed by atoms with van der Waals surface area (Å²) < 4.78 is 27.4. The van der Waals surface area contributed by atoms with E-state index in [1.807, 2.05) is 13.8 Å². The van der Waals surface area contributed by atoms with Gasteiger partial charge < -0.3 is 5.11 Å². The molecule has 0 amide bonds. The molecule has 110 valence electrons. The van der Waals surface area contributed by atoms with Gasteiger partial charge in [-0.1, -0.05) is 12.2 Å². The van der Waals surface area contributed by atoms with Crippen LogP contribution in [0.25, 0.3) is 0 Å². The van der Waals surface area contributed by atoms with Gasteiger partial charge in [0.05, 0.1) is 5.92 Å². The lowest BCUT2D eigenvalue weighted by molar-refractivity contribution is -0.142. The summed E-state index contributed by atoms with van der Waals surface area (Å²) in [7, 11) is -3.59. The Hall–Kier alpha value is -1.18. The molecule has 1 aliphatic rings. The third kappa shape index (κ3) is 3.28. The number of hydrogen-bond acceptors (Lipinski definition) is 4. The molecule has 0 fully saturated rings. The van der Waals surface area contributed by atoms with E-state index in [9.17, 15) is 13.2 Å². The van der Waals surface area contributed by atoms with Crippen molar-refractivity contribution < 1.29 is 18.3 Å². The molecule has 2 N–H and O–H groups in total. The van der Waals surface area contributed by atoms with Gasteiger partial charge in [0.1, 0.15) is 4.21 Å². The van der Waals surface area contributed by atoms with Crippen LogP contribution in [0.3, 0.4) is 0 Å². The lowest BCUT2D eigenvalue weighted by atomic mass is 9.92. The van der Waals surface area contributed by atoms with Crippen molar-refractivity contribution in [3.05, 3.63) is 28.7 Å². The van der Waals surface area contributed by atoms with Gasteiger partial charge in [0.15, 0.2) is 0 Å². The summed E-state index contributed by atoms with van der Waals surface area (Å²) in [6.07, 6.45) is 4.18. The minimum Gasteiger partial charge on any atom is -0.481 e. The summed E-state index contributed by atoms with van der Waals surface area (Å²) in [6, 6.07) is 1.18. The van der Waals surface area contributed by atoms with Crippen LogP contribution < -0.4 is 4.72 Å². The standard InChI is InChI=1S/C13H17NO4S2/c1-8-6-12(19-9(8)2)20(17,18)14-11-5-3-4-10(7-11)13(15)16/h3,5-6,10-11,14H,4,7H2,1-2H3,(H,15,16)/t10-,11-/m0/s1. The monoisotopic (exact) mass is 315 g/mol. The smallest absolute Gasteiger partial charge is 0.306 e. The minimum absolute atomic E-state index is 0.276. The molecule has 0 unspecified atom stereocenters. The molecule has 1 aromatic rings. The summed E-state index contributed by atoms with van der Waals surface area (Å²) >= 11 is 1.23. The summed E-state index contributed by atoms with van der Waals surface area (Å²) in [5.74, 6) is -1.42. The summed E-state index contributed by atoms with van der Waals surface area (Å²) in [4.78, 5) is 11.9. The van der Waals surface area contributed by atoms with Crippen LogP contribution in [0.1, 0.15) is 23.3 Å². The molecule has 2 rings (SSSR count). The Morgan fingerprint density at radius 2 is 2.15 bits per heavy atom. The molecule has 0 spiro atoms. The normalized spacial score (nSPS) is 22.9. The van der Waals surface area contributed by atoms with E-state index in [4.69, 9.17) is 5.11 Å². The number of carbonyl (C=O) groups is 1. The molecule has 0 bridgehead atoms. The van der Waals surface area contributed by atoms with Gasteiger partial charge in [-0.15, -0.1) is 11.3 Å². The Balaban J connectivity index is 2.14. The third-order valence-electron chi connectivity index (χ3n) is 3.39.